The number of carbonyl (C=O) groups excluding carboxylic acids is 2. The number of methoxy groups -OCH3 is 1. The van der Waals surface area contributed by atoms with Crippen molar-refractivity contribution in [3.05, 3.63) is 47.6 Å². The van der Waals surface area contributed by atoms with E-state index in [9.17, 15) is 9.59 Å². The normalized spacial score (nSPS) is 26.4. The quantitative estimate of drug-likeness (QED) is 0.685. The second kappa shape index (κ2) is 6.01. The molecule has 1 aliphatic heterocycles. The van der Waals surface area contributed by atoms with Gasteiger partial charge < -0.3 is 4.74 Å². The highest BCUT2D eigenvalue weighted by Crippen LogP contribution is 2.40. The molecule has 1 saturated heterocycles. The molecule has 2 aliphatic carbocycles. The summed E-state index contributed by atoms with van der Waals surface area (Å²) in [5, 5.41) is 0. The summed E-state index contributed by atoms with van der Waals surface area (Å²) in [5.41, 5.74) is 1.45. The Labute approximate surface area is 119 Å². The summed E-state index contributed by atoms with van der Waals surface area (Å²) in [6.45, 7) is 2.78. The molecule has 0 unspecified atom stereocenters. The lowest BCUT2D eigenvalue weighted by atomic mass is 9.72. The first kappa shape index (κ1) is 14.5. The van der Waals surface area contributed by atoms with Gasteiger partial charge in [0, 0.05) is 43.7 Å². The van der Waals surface area contributed by atoms with Crippen molar-refractivity contribution < 1.29 is 14.3 Å². The van der Waals surface area contributed by atoms with E-state index < -0.39 is 0 Å². The maximum Gasteiger partial charge on any atom is 0.257 e. The van der Waals surface area contributed by atoms with E-state index in [0.29, 0.717) is 0 Å². The zero-order valence-electron chi connectivity index (χ0n) is 12.0. The van der Waals surface area contributed by atoms with Gasteiger partial charge in [0.2, 0.25) is 0 Å². The van der Waals surface area contributed by atoms with Crippen molar-refractivity contribution in [2.24, 2.45) is 11.8 Å². The van der Waals surface area contributed by atoms with Gasteiger partial charge in [-0.3, -0.25) is 14.5 Å². The van der Waals surface area contributed by atoms with Crippen molar-refractivity contribution >= 4 is 11.8 Å². The summed E-state index contributed by atoms with van der Waals surface area (Å²) in [6.07, 6.45) is 11.5. The van der Waals surface area contributed by atoms with Crippen molar-refractivity contribution in [3.63, 3.8) is 0 Å². The Balaban J connectivity index is 0.000000328. The largest absolute Gasteiger partial charge is 0.385 e. The number of imide groups is 1. The number of carbonyl (C=O) groups is 2. The van der Waals surface area contributed by atoms with Crippen molar-refractivity contribution in [1.82, 2.24) is 4.90 Å². The molecule has 0 aromatic rings. The molecule has 2 amide bonds. The van der Waals surface area contributed by atoms with Gasteiger partial charge in [0.15, 0.2) is 0 Å². The van der Waals surface area contributed by atoms with Gasteiger partial charge >= 0.3 is 0 Å². The molecule has 0 saturated carbocycles. The summed E-state index contributed by atoms with van der Waals surface area (Å²) in [6, 6.07) is 0. The smallest absolute Gasteiger partial charge is 0.257 e. The molecular formula is C16H19NO3. The number of nitrogens with zero attached hydrogens (tertiary/aromatic N) is 1. The molecular weight excluding hydrogens is 254 g/mol. The molecule has 0 radical (unpaired) electrons. The Kier molecular flexibility index (Phi) is 4.35. The number of hydrogen-bond acceptors (Lipinski definition) is 3. The van der Waals surface area contributed by atoms with Crippen molar-refractivity contribution in [3.8, 4) is 0 Å². The number of likely N-dealkylation sites (N-methyl/N-ethyl adjacent to an activating group) is 1. The highest BCUT2D eigenvalue weighted by atomic mass is 16.5. The summed E-state index contributed by atoms with van der Waals surface area (Å²) in [4.78, 5) is 25.1. The van der Waals surface area contributed by atoms with Gasteiger partial charge in [-0.1, -0.05) is 36.5 Å². The van der Waals surface area contributed by atoms with E-state index >= 15 is 0 Å². The third-order valence-corrected chi connectivity index (χ3v) is 3.67. The molecule has 0 aromatic heterocycles. The molecule has 20 heavy (non-hydrogen) atoms. The van der Waals surface area contributed by atoms with E-state index in [-0.39, 0.29) is 23.7 Å². The number of rotatable bonds is 1. The van der Waals surface area contributed by atoms with Crippen LogP contribution < -0.4 is 0 Å². The first-order valence-corrected chi connectivity index (χ1v) is 6.69. The molecule has 0 aromatic carbocycles. The van der Waals surface area contributed by atoms with Gasteiger partial charge in [0.1, 0.15) is 0 Å². The van der Waals surface area contributed by atoms with Gasteiger partial charge in [-0.25, -0.2) is 0 Å². The number of hydrogen-bond donors (Lipinski definition) is 0. The predicted octanol–water partition coefficient (Wildman–Crippen LogP) is 1.86. The second-order valence-corrected chi connectivity index (χ2v) is 4.82. The van der Waals surface area contributed by atoms with Crippen molar-refractivity contribution in [2.75, 3.05) is 20.8 Å². The van der Waals surface area contributed by atoms with Gasteiger partial charge in [0.25, 0.3) is 11.8 Å². The summed E-state index contributed by atoms with van der Waals surface area (Å²) in [7, 11) is 3.22. The number of likely N-dealkylation sites (tertiary alicyclic amines) is 1. The monoisotopic (exact) mass is 273 g/mol. The van der Waals surface area contributed by atoms with Crippen LogP contribution in [-0.4, -0.2) is 37.5 Å². The summed E-state index contributed by atoms with van der Waals surface area (Å²) in [5.74, 6) is -0.249. The SMILES string of the molecule is CCOC.CN1C(=O)C2=CC=CC3C=CC=C(C1=O)C23. The first-order valence-electron chi connectivity index (χ1n) is 6.69. The van der Waals surface area contributed by atoms with E-state index in [1.807, 2.05) is 43.4 Å². The van der Waals surface area contributed by atoms with E-state index in [1.54, 1.807) is 7.11 Å². The lowest BCUT2D eigenvalue weighted by molar-refractivity contribution is -0.141. The fourth-order valence-corrected chi connectivity index (χ4v) is 2.54. The topological polar surface area (TPSA) is 46.6 Å². The standard InChI is InChI=1S/C13H11NO2.C3H8O/c1-14-12(15)9-6-2-4-8-5-3-7-10(11(8)9)13(14)16;1-3-4-2/h2-8,11H,1H3;3H2,1-2H3. The molecule has 3 rings (SSSR count). The summed E-state index contributed by atoms with van der Waals surface area (Å²) >= 11 is 0. The Morgan fingerprint density at radius 3 is 1.95 bits per heavy atom. The summed E-state index contributed by atoms with van der Waals surface area (Å²) < 4.78 is 4.54. The molecule has 0 bridgehead atoms. The van der Waals surface area contributed by atoms with Gasteiger partial charge in [0.05, 0.1) is 0 Å². The number of ether oxygens (including phenoxy) is 1. The molecule has 3 aliphatic rings. The first-order chi connectivity index (χ1) is 9.61. The van der Waals surface area contributed by atoms with Crippen LogP contribution in [0.5, 0.6) is 0 Å². The van der Waals surface area contributed by atoms with Crippen LogP contribution in [0.1, 0.15) is 6.92 Å². The van der Waals surface area contributed by atoms with Gasteiger partial charge in [-0.2, -0.15) is 0 Å². The Bertz CT molecular complexity index is 494. The lowest BCUT2D eigenvalue weighted by Gasteiger charge is -2.37. The van der Waals surface area contributed by atoms with E-state index in [4.69, 9.17) is 0 Å². The Morgan fingerprint density at radius 1 is 1.10 bits per heavy atom. The van der Waals surface area contributed by atoms with Gasteiger partial charge in [-0.05, 0) is 6.92 Å². The highest BCUT2D eigenvalue weighted by Gasteiger charge is 2.42. The van der Waals surface area contributed by atoms with Crippen LogP contribution in [0.25, 0.3) is 0 Å². The zero-order chi connectivity index (χ0) is 14.7. The zero-order valence-corrected chi connectivity index (χ0v) is 12.0. The van der Waals surface area contributed by atoms with Crippen molar-refractivity contribution in [1.29, 1.82) is 0 Å². The number of piperidine rings is 1. The van der Waals surface area contributed by atoms with Crippen LogP contribution in [0, 0.1) is 11.8 Å². The maximum absolute atomic E-state index is 12.0. The second-order valence-electron chi connectivity index (χ2n) is 4.82. The molecule has 1 fully saturated rings. The van der Waals surface area contributed by atoms with Crippen LogP contribution in [0.2, 0.25) is 0 Å². The highest BCUT2D eigenvalue weighted by molar-refractivity contribution is 6.15. The average molecular weight is 273 g/mol. The minimum Gasteiger partial charge on any atom is -0.385 e. The third kappa shape index (κ3) is 2.39. The Morgan fingerprint density at radius 2 is 1.55 bits per heavy atom. The predicted molar refractivity (Wildman–Crippen MR) is 76.8 cm³/mol. The van der Waals surface area contributed by atoms with Crippen LogP contribution in [0.15, 0.2) is 47.6 Å². The third-order valence-electron chi connectivity index (χ3n) is 3.67. The van der Waals surface area contributed by atoms with Gasteiger partial charge in [-0.15, -0.1) is 0 Å². The fraction of sp³-hybridized carbons (Fsp3) is 0.375. The fourth-order valence-electron chi connectivity index (χ4n) is 2.54. The molecule has 1 heterocycles. The lowest BCUT2D eigenvalue weighted by Crippen LogP contribution is -2.46. The number of amides is 2. The van der Waals surface area contributed by atoms with Crippen LogP contribution >= 0.6 is 0 Å². The van der Waals surface area contributed by atoms with Crippen LogP contribution in [0.3, 0.4) is 0 Å². The minimum absolute atomic E-state index is 0.0637. The molecule has 106 valence electrons. The maximum atomic E-state index is 12.0. The molecule has 0 atom stereocenters. The van der Waals surface area contributed by atoms with Crippen LogP contribution in [-0.2, 0) is 14.3 Å². The van der Waals surface area contributed by atoms with E-state index in [0.717, 1.165) is 17.8 Å². The van der Waals surface area contributed by atoms with Crippen LogP contribution in [0.4, 0.5) is 0 Å². The van der Waals surface area contributed by atoms with E-state index in [2.05, 4.69) is 4.74 Å². The van der Waals surface area contributed by atoms with E-state index in [1.165, 1.54) is 11.9 Å². The minimum atomic E-state index is -0.170. The average Bonchev–Trinajstić information content (AvgIpc) is 2.50. The Hall–Kier alpha value is -1.94. The molecule has 0 spiro atoms. The molecule has 4 nitrogen and oxygen atoms in total. The molecule has 0 N–H and O–H groups in total. The van der Waals surface area contributed by atoms with Crippen molar-refractivity contribution in [2.45, 2.75) is 6.92 Å². The molecule has 4 heteroatoms. The number of allylic oxidation sites excluding steroid dienone is 6.